The summed E-state index contributed by atoms with van der Waals surface area (Å²) in [7, 11) is 0. The zero-order valence-electron chi connectivity index (χ0n) is 17.0. The lowest BCUT2D eigenvalue weighted by atomic mass is 10.1. The number of carbonyl (C=O) groups is 1. The molecule has 0 saturated heterocycles. The van der Waals surface area contributed by atoms with Gasteiger partial charge in [-0.2, -0.15) is 0 Å². The van der Waals surface area contributed by atoms with Crippen molar-refractivity contribution in [3.8, 4) is 0 Å². The van der Waals surface area contributed by atoms with Crippen LogP contribution in [0.15, 0.2) is 79.1 Å². The molecule has 4 nitrogen and oxygen atoms in total. The first-order valence-electron chi connectivity index (χ1n) is 10.0. The molecule has 0 bridgehead atoms. The predicted molar refractivity (Wildman–Crippen MR) is 124 cm³/mol. The molecular formula is C25H25N3OS. The third kappa shape index (κ3) is 5.30. The van der Waals surface area contributed by atoms with Crippen LogP contribution in [0.4, 0.5) is 0 Å². The summed E-state index contributed by atoms with van der Waals surface area (Å²) in [5.41, 5.74) is 6.97. The molecule has 0 atom stereocenters. The molecule has 152 valence electrons. The molecule has 3 aromatic carbocycles. The summed E-state index contributed by atoms with van der Waals surface area (Å²) in [4.78, 5) is 16.6. The van der Waals surface area contributed by atoms with Crippen molar-refractivity contribution in [1.29, 1.82) is 0 Å². The summed E-state index contributed by atoms with van der Waals surface area (Å²) in [6, 6.07) is 24.9. The van der Waals surface area contributed by atoms with Gasteiger partial charge in [0.2, 0.25) is 5.91 Å². The number of rotatable bonds is 8. The SMILES string of the molecule is Cc1cccc(CSCC(=O)NCc2ccc(Cn3cnc4ccccc43)cc2)c1. The second-order valence-electron chi connectivity index (χ2n) is 7.44. The Bertz CT molecular complexity index is 1130. The number of hydrogen-bond donors (Lipinski definition) is 1. The van der Waals surface area contributed by atoms with Crippen LogP contribution < -0.4 is 5.32 Å². The van der Waals surface area contributed by atoms with E-state index in [2.05, 4.69) is 76.4 Å². The van der Waals surface area contributed by atoms with Crippen LogP contribution in [0.5, 0.6) is 0 Å². The predicted octanol–water partition coefficient (Wildman–Crippen LogP) is 4.94. The van der Waals surface area contributed by atoms with E-state index in [1.807, 2.05) is 24.5 Å². The second-order valence-corrected chi connectivity index (χ2v) is 8.42. The minimum Gasteiger partial charge on any atom is -0.351 e. The average molecular weight is 416 g/mol. The first-order chi connectivity index (χ1) is 14.7. The van der Waals surface area contributed by atoms with Crippen molar-refractivity contribution in [2.45, 2.75) is 25.8 Å². The maximum Gasteiger partial charge on any atom is 0.230 e. The molecule has 1 aromatic heterocycles. The molecule has 0 saturated carbocycles. The topological polar surface area (TPSA) is 46.9 Å². The molecule has 5 heteroatoms. The molecule has 1 heterocycles. The fraction of sp³-hybridized carbons (Fsp3) is 0.200. The van der Waals surface area contributed by atoms with Gasteiger partial charge in [0, 0.05) is 18.8 Å². The number of aromatic nitrogens is 2. The highest BCUT2D eigenvalue weighted by Gasteiger charge is 2.05. The van der Waals surface area contributed by atoms with Crippen LogP contribution in [-0.2, 0) is 23.6 Å². The average Bonchev–Trinajstić information content (AvgIpc) is 3.16. The van der Waals surface area contributed by atoms with E-state index in [4.69, 9.17) is 0 Å². The second kappa shape index (κ2) is 9.63. The van der Waals surface area contributed by atoms with Gasteiger partial charge >= 0.3 is 0 Å². The number of nitrogens with one attached hydrogen (secondary N) is 1. The van der Waals surface area contributed by atoms with Crippen molar-refractivity contribution in [3.05, 3.63) is 101 Å². The summed E-state index contributed by atoms with van der Waals surface area (Å²) < 4.78 is 2.15. The van der Waals surface area contributed by atoms with E-state index in [9.17, 15) is 4.79 Å². The molecule has 0 unspecified atom stereocenters. The number of carbonyl (C=O) groups excluding carboxylic acids is 1. The summed E-state index contributed by atoms with van der Waals surface area (Å²) in [6.07, 6.45) is 1.88. The molecule has 0 fully saturated rings. The van der Waals surface area contributed by atoms with Crippen molar-refractivity contribution in [2.75, 3.05) is 5.75 Å². The van der Waals surface area contributed by atoms with Gasteiger partial charge in [0.05, 0.1) is 23.1 Å². The van der Waals surface area contributed by atoms with E-state index in [0.717, 1.165) is 28.9 Å². The summed E-state index contributed by atoms with van der Waals surface area (Å²) in [5, 5.41) is 3.01. The molecule has 0 spiro atoms. The van der Waals surface area contributed by atoms with Gasteiger partial charge in [0.1, 0.15) is 0 Å². The number of amides is 1. The standard InChI is InChI=1S/C25H25N3OS/c1-19-5-4-6-22(13-19)16-30-17-25(29)26-14-20-9-11-21(12-10-20)15-28-18-27-23-7-2-3-8-24(23)28/h2-13,18H,14-17H2,1H3,(H,26,29). The van der Waals surface area contributed by atoms with Crippen molar-refractivity contribution in [3.63, 3.8) is 0 Å². The summed E-state index contributed by atoms with van der Waals surface area (Å²) in [5.74, 6) is 1.40. The fourth-order valence-corrected chi connectivity index (χ4v) is 4.22. The Hall–Kier alpha value is -3.05. The number of nitrogens with zero attached hydrogens (tertiary/aromatic N) is 2. The minimum absolute atomic E-state index is 0.0709. The third-order valence-electron chi connectivity index (χ3n) is 4.98. The third-order valence-corrected chi connectivity index (χ3v) is 5.98. The number of fused-ring (bicyclic) bond motifs is 1. The van der Waals surface area contributed by atoms with Crippen LogP contribution in [0.25, 0.3) is 11.0 Å². The molecule has 0 radical (unpaired) electrons. The lowest BCUT2D eigenvalue weighted by molar-refractivity contribution is -0.118. The van der Waals surface area contributed by atoms with Gasteiger partial charge in [-0.25, -0.2) is 4.98 Å². The van der Waals surface area contributed by atoms with Gasteiger partial charge in [-0.05, 0) is 35.7 Å². The summed E-state index contributed by atoms with van der Waals surface area (Å²) in [6.45, 7) is 3.42. The van der Waals surface area contributed by atoms with Crippen molar-refractivity contribution < 1.29 is 4.79 Å². The largest absolute Gasteiger partial charge is 0.351 e. The van der Waals surface area contributed by atoms with Crippen molar-refractivity contribution in [2.24, 2.45) is 0 Å². The van der Waals surface area contributed by atoms with E-state index in [1.165, 1.54) is 16.7 Å². The molecule has 1 N–H and O–H groups in total. The molecular weight excluding hydrogens is 390 g/mol. The van der Waals surface area contributed by atoms with Crippen LogP contribution >= 0.6 is 11.8 Å². The zero-order chi connectivity index (χ0) is 20.8. The highest BCUT2D eigenvalue weighted by Crippen LogP contribution is 2.15. The number of aryl methyl sites for hydroxylation is 1. The molecule has 4 rings (SSSR count). The highest BCUT2D eigenvalue weighted by molar-refractivity contribution is 7.99. The normalized spacial score (nSPS) is 11.0. The number of para-hydroxylation sites is 2. The Kier molecular flexibility index (Phi) is 6.50. The van der Waals surface area contributed by atoms with E-state index in [0.29, 0.717) is 12.3 Å². The Labute approximate surface area is 181 Å². The maximum atomic E-state index is 12.1. The quantitative estimate of drug-likeness (QED) is 0.443. The first kappa shape index (κ1) is 20.2. The Morgan fingerprint density at radius 3 is 2.60 bits per heavy atom. The molecule has 30 heavy (non-hydrogen) atoms. The van der Waals surface area contributed by atoms with Crippen molar-refractivity contribution >= 4 is 28.7 Å². The highest BCUT2D eigenvalue weighted by atomic mass is 32.2. The summed E-state index contributed by atoms with van der Waals surface area (Å²) >= 11 is 1.64. The van der Waals surface area contributed by atoms with E-state index < -0.39 is 0 Å². The monoisotopic (exact) mass is 415 g/mol. The van der Waals surface area contributed by atoms with E-state index >= 15 is 0 Å². The zero-order valence-corrected chi connectivity index (χ0v) is 17.9. The number of imidazole rings is 1. The smallest absolute Gasteiger partial charge is 0.230 e. The van der Waals surface area contributed by atoms with Gasteiger partial charge in [-0.15, -0.1) is 11.8 Å². The van der Waals surface area contributed by atoms with Crippen LogP contribution in [0.1, 0.15) is 22.3 Å². The van der Waals surface area contributed by atoms with Gasteiger partial charge in [0.15, 0.2) is 0 Å². The molecule has 1 amide bonds. The van der Waals surface area contributed by atoms with E-state index in [1.54, 1.807) is 11.8 Å². The lowest BCUT2D eigenvalue weighted by Gasteiger charge is -2.08. The number of benzene rings is 3. The molecule has 0 aliphatic carbocycles. The molecule has 0 aliphatic rings. The van der Waals surface area contributed by atoms with Crippen LogP contribution in [0, 0.1) is 6.92 Å². The Morgan fingerprint density at radius 1 is 0.967 bits per heavy atom. The Balaban J connectivity index is 1.24. The van der Waals surface area contributed by atoms with Crippen LogP contribution in [0.3, 0.4) is 0 Å². The van der Waals surface area contributed by atoms with Crippen molar-refractivity contribution in [1.82, 2.24) is 14.9 Å². The van der Waals surface area contributed by atoms with Crippen LogP contribution in [0.2, 0.25) is 0 Å². The number of hydrogen-bond acceptors (Lipinski definition) is 3. The number of thioether (sulfide) groups is 1. The van der Waals surface area contributed by atoms with Gasteiger partial charge in [0.25, 0.3) is 0 Å². The first-order valence-corrected chi connectivity index (χ1v) is 11.2. The van der Waals surface area contributed by atoms with Gasteiger partial charge in [-0.3, -0.25) is 4.79 Å². The molecule has 0 aliphatic heterocycles. The maximum absolute atomic E-state index is 12.1. The Morgan fingerprint density at radius 2 is 1.77 bits per heavy atom. The minimum atomic E-state index is 0.0709. The molecule has 4 aromatic rings. The van der Waals surface area contributed by atoms with Gasteiger partial charge < -0.3 is 9.88 Å². The lowest BCUT2D eigenvalue weighted by Crippen LogP contribution is -2.24. The van der Waals surface area contributed by atoms with E-state index in [-0.39, 0.29) is 5.91 Å². The van der Waals surface area contributed by atoms with Crippen LogP contribution in [-0.4, -0.2) is 21.2 Å². The van der Waals surface area contributed by atoms with Gasteiger partial charge in [-0.1, -0.05) is 66.2 Å². The fourth-order valence-electron chi connectivity index (χ4n) is 3.41.